The Morgan fingerprint density at radius 1 is 0.750 bits per heavy atom. The van der Waals surface area contributed by atoms with Crippen LogP contribution in [0.25, 0.3) is 0 Å². The average molecular weight is 332 g/mol. The van der Waals surface area contributed by atoms with E-state index in [4.69, 9.17) is 0 Å². The van der Waals surface area contributed by atoms with Crippen molar-refractivity contribution in [1.82, 2.24) is 9.80 Å². The number of benzene rings is 1. The molecular weight excluding hydrogens is 300 g/mol. The lowest BCUT2D eigenvalue weighted by Crippen LogP contribution is -2.32. The third kappa shape index (κ3) is 4.42. The van der Waals surface area contributed by atoms with Crippen molar-refractivity contribution in [3.63, 3.8) is 0 Å². The van der Waals surface area contributed by atoms with E-state index in [2.05, 4.69) is 23.6 Å². The average Bonchev–Trinajstić information content (AvgIpc) is 2.56. The van der Waals surface area contributed by atoms with Gasteiger partial charge in [-0.1, -0.05) is 13.8 Å². The molecule has 4 nitrogen and oxygen atoms in total. The van der Waals surface area contributed by atoms with Gasteiger partial charge < -0.3 is 10.2 Å². The predicted octanol–water partition coefficient (Wildman–Crippen LogP) is 3.56. The molecule has 1 aromatic rings. The molecule has 24 heavy (non-hydrogen) atoms. The Balaban J connectivity index is 1.62. The molecule has 0 aromatic heterocycles. The molecule has 1 aromatic carbocycles. The molecule has 4 heteroatoms. The lowest BCUT2D eigenvalue weighted by atomic mass is 9.98. The summed E-state index contributed by atoms with van der Waals surface area (Å²) < 4.78 is 0. The predicted molar refractivity (Wildman–Crippen MR) is 97.1 cm³/mol. The first kappa shape index (κ1) is 17.6. The van der Waals surface area contributed by atoms with Crippen LogP contribution in [0.1, 0.15) is 50.7 Å². The van der Waals surface area contributed by atoms with Crippen LogP contribution in [0, 0.1) is 11.8 Å². The molecule has 2 fully saturated rings. The van der Waals surface area contributed by atoms with Crippen LogP contribution in [0.4, 0.5) is 0 Å². The highest BCUT2D eigenvalue weighted by Gasteiger charge is 2.20. The molecule has 2 aliphatic rings. The van der Waals surface area contributed by atoms with Gasteiger partial charge in [-0.3, -0.25) is 9.80 Å². The van der Waals surface area contributed by atoms with Gasteiger partial charge in [-0.2, -0.15) is 0 Å². The Labute approximate surface area is 146 Å². The highest BCUT2D eigenvalue weighted by molar-refractivity contribution is 5.45. The highest BCUT2D eigenvalue weighted by Crippen LogP contribution is 2.31. The summed E-state index contributed by atoms with van der Waals surface area (Å²) in [6, 6.07) is 3.55. The molecule has 0 aliphatic carbocycles. The van der Waals surface area contributed by atoms with Crippen molar-refractivity contribution in [2.75, 3.05) is 26.2 Å². The van der Waals surface area contributed by atoms with E-state index < -0.39 is 0 Å². The molecule has 2 N–H and O–H groups in total. The first-order valence-electron chi connectivity index (χ1n) is 9.49. The summed E-state index contributed by atoms with van der Waals surface area (Å²) in [4.78, 5) is 4.75. The van der Waals surface area contributed by atoms with E-state index in [0.29, 0.717) is 11.5 Å². The minimum atomic E-state index is 0.326. The van der Waals surface area contributed by atoms with Crippen molar-refractivity contribution in [1.29, 1.82) is 0 Å². The first-order chi connectivity index (χ1) is 11.5. The number of phenols is 2. The van der Waals surface area contributed by atoms with Crippen LogP contribution in [-0.4, -0.2) is 46.2 Å². The molecule has 0 atom stereocenters. The van der Waals surface area contributed by atoms with Crippen molar-refractivity contribution < 1.29 is 10.2 Å². The van der Waals surface area contributed by atoms with Gasteiger partial charge in [-0.25, -0.2) is 0 Å². The van der Waals surface area contributed by atoms with Gasteiger partial charge in [0.25, 0.3) is 0 Å². The summed E-state index contributed by atoms with van der Waals surface area (Å²) in [7, 11) is 0. The van der Waals surface area contributed by atoms with Gasteiger partial charge in [0, 0.05) is 24.2 Å². The first-order valence-corrected chi connectivity index (χ1v) is 9.49. The van der Waals surface area contributed by atoms with Crippen LogP contribution in [0.15, 0.2) is 12.1 Å². The maximum Gasteiger partial charge on any atom is 0.120 e. The standard InChI is InChI=1S/C20H32N2O2/c1-15-3-7-21(8-4-15)13-17-11-20(24)18(12-19(17)23)14-22-9-5-16(2)6-10-22/h11-12,15-16,23-24H,3-10,13-14H2,1-2H3. The molecule has 0 radical (unpaired) electrons. The molecule has 0 amide bonds. The Morgan fingerprint density at radius 3 is 1.42 bits per heavy atom. The van der Waals surface area contributed by atoms with Gasteiger partial charge in [0.05, 0.1) is 0 Å². The molecule has 2 aliphatic heterocycles. The normalized spacial score (nSPS) is 22.1. The zero-order valence-corrected chi connectivity index (χ0v) is 15.2. The van der Waals surface area contributed by atoms with E-state index in [-0.39, 0.29) is 0 Å². The Kier molecular flexibility index (Phi) is 5.67. The molecular formula is C20H32N2O2. The second-order valence-corrected chi connectivity index (χ2v) is 8.03. The summed E-state index contributed by atoms with van der Waals surface area (Å²) in [5, 5.41) is 20.8. The minimum absolute atomic E-state index is 0.326. The molecule has 3 rings (SSSR count). The van der Waals surface area contributed by atoms with Crippen molar-refractivity contribution in [3.8, 4) is 11.5 Å². The third-order valence-electron chi connectivity index (χ3n) is 5.82. The fourth-order valence-corrected chi connectivity index (χ4v) is 3.84. The van der Waals surface area contributed by atoms with Crippen LogP contribution >= 0.6 is 0 Å². The van der Waals surface area contributed by atoms with Gasteiger partial charge >= 0.3 is 0 Å². The minimum Gasteiger partial charge on any atom is -0.508 e. The summed E-state index contributed by atoms with van der Waals surface area (Å²) in [6.07, 6.45) is 4.88. The number of likely N-dealkylation sites (tertiary alicyclic amines) is 2. The maximum atomic E-state index is 10.4. The third-order valence-corrected chi connectivity index (χ3v) is 5.82. The van der Waals surface area contributed by atoms with Crippen LogP contribution in [0.5, 0.6) is 11.5 Å². The second kappa shape index (κ2) is 7.75. The van der Waals surface area contributed by atoms with Crippen LogP contribution in [0.2, 0.25) is 0 Å². The van der Waals surface area contributed by atoms with Gasteiger partial charge in [0.15, 0.2) is 0 Å². The molecule has 0 bridgehead atoms. The second-order valence-electron chi connectivity index (χ2n) is 8.03. The van der Waals surface area contributed by atoms with E-state index in [0.717, 1.165) is 62.2 Å². The number of hydrogen-bond acceptors (Lipinski definition) is 4. The largest absolute Gasteiger partial charge is 0.508 e. The van der Waals surface area contributed by atoms with Crippen LogP contribution in [-0.2, 0) is 13.1 Å². The maximum absolute atomic E-state index is 10.4. The number of phenolic OH excluding ortho intramolecular Hbond substituents is 2. The lowest BCUT2D eigenvalue weighted by molar-refractivity contribution is 0.181. The zero-order valence-electron chi connectivity index (χ0n) is 15.2. The van der Waals surface area contributed by atoms with Crippen molar-refractivity contribution in [2.45, 2.75) is 52.6 Å². The van der Waals surface area contributed by atoms with Gasteiger partial charge in [-0.05, 0) is 75.8 Å². The number of piperidine rings is 2. The van der Waals surface area contributed by atoms with E-state index in [1.54, 1.807) is 12.1 Å². The molecule has 2 heterocycles. The summed E-state index contributed by atoms with van der Waals surface area (Å²) in [6.45, 7) is 10.4. The number of aromatic hydroxyl groups is 2. The Bertz CT molecular complexity index is 495. The smallest absolute Gasteiger partial charge is 0.120 e. The van der Waals surface area contributed by atoms with Crippen LogP contribution < -0.4 is 0 Å². The molecule has 0 saturated carbocycles. The molecule has 0 spiro atoms. The quantitative estimate of drug-likeness (QED) is 0.828. The summed E-state index contributed by atoms with van der Waals surface area (Å²) in [5.41, 5.74) is 1.69. The van der Waals surface area contributed by atoms with E-state index >= 15 is 0 Å². The molecule has 0 unspecified atom stereocenters. The topological polar surface area (TPSA) is 46.9 Å². The number of rotatable bonds is 4. The summed E-state index contributed by atoms with van der Waals surface area (Å²) in [5.74, 6) is 2.26. The monoisotopic (exact) mass is 332 g/mol. The SMILES string of the molecule is CC1CCN(Cc2cc(O)c(CN3CCC(C)CC3)cc2O)CC1. The van der Waals surface area contributed by atoms with Crippen molar-refractivity contribution >= 4 is 0 Å². The zero-order chi connectivity index (χ0) is 17.1. The molecule has 134 valence electrons. The van der Waals surface area contributed by atoms with E-state index in [9.17, 15) is 10.2 Å². The van der Waals surface area contributed by atoms with Gasteiger partial charge in [0.2, 0.25) is 0 Å². The number of hydrogen-bond donors (Lipinski definition) is 2. The Hall–Kier alpha value is -1.26. The Morgan fingerprint density at radius 2 is 1.08 bits per heavy atom. The lowest BCUT2D eigenvalue weighted by Gasteiger charge is -2.31. The van der Waals surface area contributed by atoms with Crippen LogP contribution in [0.3, 0.4) is 0 Å². The fraction of sp³-hybridized carbons (Fsp3) is 0.700. The van der Waals surface area contributed by atoms with Crippen molar-refractivity contribution in [3.05, 3.63) is 23.3 Å². The molecule has 2 saturated heterocycles. The van der Waals surface area contributed by atoms with Gasteiger partial charge in [-0.15, -0.1) is 0 Å². The van der Waals surface area contributed by atoms with E-state index in [1.807, 2.05) is 0 Å². The summed E-state index contributed by atoms with van der Waals surface area (Å²) >= 11 is 0. The van der Waals surface area contributed by atoms with E-state index in [1.165, 1.54) is 25.7 Å². The van der Waals surface area contributed by atoms with Crippen molar-refractivity contribution in [2.24, 2.45) is 11.8 Å². The number of nitrogens with zero attached hydrogens (tertiary/aromatic N) is 2. The fourth-order valence-electron chi connectivity index (χ4n) is 3.84. The highest BCUT2D eigenvalue weighted by atomic mass is 16.3. The van der Waals surface area contributed by atoms with Gasteiger partial charge in [0.1, 0.15) is 11.5 Å².